The summed E-state index contributed by atoms with van der Waals surface area (Å²) in [6.45, 7) is 5.25. The number of benzene rings is 2. The third-order valence-electron chi connectivity index (χ3n) is 5.05. The van der Waals surface area contributed by atoms with Crippen LogP contribution >= 0.6 is 12.6 Å². The molecule has 1 amide bonds. The van der Waals surface area contributed by atoms with Crippen molar-refractivity contribution in [1.82, 2.24) is 0 Å². The number of carbonyl (C=O) groups is 1. The lowest BCUT2D eigenvalue weighted by molar-refractivity contribution is -0.117. The Kier molecular flexibility index (Phi) is 4.78. The van der Waals surface area contributed by atoms with E-state index < -0.39 is 0 Å². The number of amides is 1. The molecule has 6 heteroatoms. The lowest BCUT2D eigenvalue weighted by Crippen LogP contribution is -2.37. The number of hydrogen-bond acceptors (Lipinski definition) is 5. The normalized spacial score (nSPS) is 23.6. The molecule has 0 bridgehead atoms. The molecule has 0 saturated carbocycles. The van der Waals surface area contributed by atoms with Crippen LogP contribution in [0, 0.1) is 0 Å². The Hall–Kier alpha value is -2.18. The summed E-state index contributed by atoms with van der Waals surface area (Å²) in [5.41, 5.74) is 2.71. The molecular formula is C20H23N3O2S. The van der Waals surface area contributed by atoms with Gasteiger partial charge in [0, 0.05) is 30.2 Å². The van der Waals surface area contributed by atoms with Gasteiger partial charge in [0.25, 0.3) is 5.91 Å². The van der Waals surface area contributed by atoms with E-state index in [1.165, 1.54) is 0 Å². The summed E-state index contributed by atoms with van der Waals surface area (Å²) in [7, 11) is 0. The highest BCUT2D eigenvalue weighted by molar-refractivity contribution is 7.81. The zero-order valence-corrected chi connectivity index (χ0v) is 15.7. The Morgan fingerprint density at radius 1 is 0.923 bits per heavy atom. The van der Waals surface area contributed by atoms with Gasteiger partial charge in [0.15, 0.2) is 5.50 Å². The van der Waals surface area contributed by atoms with Crippen LogP contribution in [0.4, 0.5) is 17.1 Å². The number of rotatable bonds is 3. The van der Waals surface area contributed by atoms with Gasteiger partial charge < -0.3 is 14.5 Å². The molecule has 0 radical (unpaired) electrons. The Morgan fingerprint density at radius 3 is 2.19 bits per heavy atom. The lowest BCUT2D eigenvalue weighted by Gasteiger charge is -2.30. The van der Waals surface area contributed by atoms with Crippen molar-refractivity contribution in [3.05, 3.63) is 54.6 Å². The van der Waals surface area contributed by atoms with Crippen molar-refractivity contribution < 1.29 is 9.53 Å². The second-order valence-electron chi connectivity index (χ2n) is 6.59. The van der Waals surface area contributed by atoms with Crippen LogP contribution in [-0.2, 0) is 9.53 Å². The van der Waals surface area contributed by atoms with E-state index in [-0.39, 0.29) is 17.4 Å². The van der Waals surface area contributed by atoms with Crippen LogP contribution in [0.25, 0.3) is 0 Å². The number of nitrogens with zero attached hydrogens (tertiary/aromatic N) is 3. The molecule has 2 aromatic carbocycles. The minimum Gasteiger partial charge on any atom is -0.378 e. The molecule has 0 N–H and O–H groups in total. The first-order valence-electron chi connectivity index (χ1n) is 8.94. The molecule has 0 spiro atoms. The Balaban J connectivity index is 1.58. The molecule has 2 saturated heterocycles. The van der Waals surface area contributed by atoms with E-state index in [9.17, 15) is 4.79 Å². The monoisotopic (exact) mass is 369 g/mol. The minimum absolute atomic E-state index is 0.0629. The molecule has 5 nitrogen and oxygen atoms in total. The van der Waals surface area contributed by atoms with Crippen molar-refractivity contribution in [1.29, 1.82) is 0 Å². The first kappa shape index (κ1) is 17.2. The standard InChI is InChI=1S/C20H23N3O2S/c1-15-19(24)23(20(26)22(15)17-5-3-2-4-6-17)18-9-7-16(8-10-18)21-11-13-25-14-12-21/h2-10,15,20,26H,11-14H2,1H3. The quantitative estimate of drug-likeness (QED) is 0.844. The molecule has 0 aliphatic carbocycles. The fourth-order valence-corrected chi connectivity index (χ4v) is 4.20. The number of morpholine rings is 1. The van der Waals surface area contributed by atoms with Gasteiger partial charge in [-0.3, -0.25) is 9.69 Å². The van der Waals surface area contributed by atoms with Crippen LogP contribution < -0.4 is 14.7 Å². The summed E-state index contributed by atoms with van der Waals surface area (Å²) in [5, 5.41) is 0. The van der Waals surface area contributed by atoms with Gasteiger partial charge in [-0.05, 0) is 43.3 Å². The number of para-hydroxylation sites is 1. The summed E-state index contributed by atoms with van der Waals surface area (Å²) in [5.74, 6) is 0.0629. The molecule has 2 atom stereocenters. The fourth-order valence-electron chi connectivity index (χ4n) is 3.62. The van der Waals surface area contributed by atoms with Crippen LogP contribution in [0.5, 0.6) is 0 Å². The molecule has 2 aromatic rings. The van der Waals surface area contributed by atoms with Gasteiger partial charge >= 0.3 is 0 Å². The van der Waals surface area contributed by atoms with Gasteiger partial charge in [-0.15, -0.1) is 12.6 Å². The third-order valence-corrected chi connectivity index (χ3v) is 5.53. The van der Waals surface area contributed by atoms with Crippen LogP contribution in [0.2, 0.25) is 0 Å². The Morgan fingerprint density at radius 2 is 1.54 bits per heavy atom. The van der Waals surface area contributed by atoms with E-state index in [1.807, 2.05) is 54.3 Å². The highest BCUT2D eigenvalue weighted by atomic mass is 32.1. The number of ether oxygens (including phenoxy) is 1. The molecule has 2 unspecified atom stereocenters. The van der Waals surface area contributed by atoms with E-state index in [0.29, 0.717) is 0 Å². The Labute approximate surface area is 159 Å². The van der Waals surface area contributed by atoms with Crippen molar-refractivity contribution in [3.63, 3.8) is 0 Å². The Bertz CT molecular complexity index is 762. The van der Waals surface area contributed by atoms with E-state index in [0.717, 1.165) is 43.4 Å². The maximum Gasteiger partial charge on any atom is 0.251 e. The fraction of sp³-hybridized carbons (Fsp3) is 0.350. The van der Waals surface area contributed by atoms with Gasteiger partial charge in [-0.1, -0.05) is 18.2 Å². The first-order valence-corrected chi connectivity index (χ1v) is 9.46. The summed E-state index contributed by atoms with van der Waals surface area (Å²) < 4.78 is 5.41. The topological polar surface area (TPSA) is 36.0 Å². The molecule has 4 rings (SSSR count). The van der Waals surface area contributed by atoms with Crippen molar-refractivity contribution in [2.24, 2.45) is 0 Å². The van der Waals surface area contributed by atoms with Crippen molar-refractivity contribution >= 4 is 35.6 Å². The smallest absolute Gasteiger partial charge is 0.251 e. The summed E-state index contributed by atoms with van der Waals surface area (Å²) in [4.78, 5) is 19.0. The maximum absolute atomic E-state index is 12.9. The largest absolute Gasteiger partial charge is 0.378 e. The first-order chi connectivity index (χ1) is 12.7. The van der Waals surface area contributed by atoms with Gasteiger partial charge in [-0.25, -0.2) is 0 Å². The SMILES string of the molecule is CC1C(=O)N(c2ccc(N3CCOCC3)cc2)C(S)N1c1ccccc1. The van der Waals surface area contributed by atoms with Crippen LogP contribution in [0.1, 0.15) is 6.92 Å². The average Bonchev–Trinajstić information content (AvgIpc) is 2.92. The van der Waals surface area contributed by atoms with Crippen molar-refractivity contribution in [3.8, 4) is 0 Å². The van der Waals surface area contributed by atoms with Crippen LogP contribution in [0.15, 0.2) is 54.6 Å². The number of carbonyl (C=O) groups excluding carboxylic acids is 1. The zero-order valence-electron chi connectivity index (χ0n) is 14.8. The van der Waals surface area contributed by atoms with E-state index in [1.54, 1.807) is 4.90 Å². The van der Waals surface area contributed by atoms with Crippen molar-refractivity contribution in [2.75, 3.05) is 41.0 Å². The van der Waals surface area contributed by atoms with Crippen LogP contribution in [0.3, 0.4) is 0 Å². The molecule has 2 aliphatic heterocycles. The predicted octanol–water partition coefficient (Wildman–Crippen LogP) is 2.98. The minimum atomic E-state index is -0.325. The van der Waals surface area contributed by atoms with E-state index in [4.69, 9.17) is 17.4 Å². The van der Waals surface area contributed by atoms with Gasteiger partial charge in [-0.2, -0.15) is 0 Å². The highest BCUT2D eigenvalue weighted by Crippen LogP contribution is 2.35. The summed E-state index contributed by atoms with van der Waals surface area (Å²) in [6.07, 6.45) is 0. The lowest BCUT2D eigenvalue weighted by atomic mass is 10.2. The second kappa shape index (κ2) is 7.21. The second-order valence-corrected chi connectivity index (χ2v) is 7.05. The zero-order chi connectivity index (χ0) is 18.1. The predicted molar refractivity (Wildman–Crippen MR) is 108 cm³/mol. The molecule has 2 fully saturated rings. The molecule has 2 aliphatic rings. The maximum atomic E-state index is 12.9. The highest BCUT2D eigenvalue weighted by Gasteiger charge is 2.42. The number of anilines is 3. The van der Waals surface area contributed by atoms with E-state index in [2.05, 4.69) is 17.0 Å². The molecular weight excluding hydrogens is 346 g/mol. The van der Waals surface area contributed by atoms with Crippen molar-refractivity contribution in [2.45, 2.75) is 18.5 Å². The summed E-state index contributed by atoms with van der Waals surface area (Å²) >= 11 is 4.76. The molecule has 2 heterocycles. The molecule has 0 aromatic heterocycles. The van der Waals surface area contributed by atoms with Crippen LogP contribution in [-0.4, -0.2) is 43.8 Å². The molecule has 136 valence electrons. The van der Waals surface area contributed by atoms with E-state index >= 15 is 0 Å². The third kappa shape index (κ3) is 3.04. The molecule has 26 heavy (non-hydrogen) atoms. The number of thiol groups is 1. The van der Waals surface area contributed by atoms with Gasteiger partial charge in [0.2, 0.25) is 0 Å². The summed E-state index contributed by atoms with van der Waals surface area (Å²) in [6, 6.07) is 17.9. The average molecular weight is 369 g/mol. The van der Waals surface area contributed by atoms with Gasteiger partial charge in [0.05, 0.1) is 13.2 Å². The number of hydrogen-bond donors (Lipinski definition) is 1. The van der Waals surface area contributed by atoms with Gasteiger partial charge in [0.1, 0.15) is 6.04 Å².